The number of hydrogen-bond acceptors (Lipinski definition) is 4. The van der Waals surface area contributed by atoms with E-state index in [9.17, 15) is 9.59 Å². The number of ether oxygens (including phenoxy) is 2. The maximum absolute atomic E-state index is 11.8. The summed E-state index contributed by atoms with van der Waals surface area (Å²) in [5.74, 6) is -0.359. The number of carbonyl (C=O) groups excluding carboxylic acids is 2. The summed E-state index contributed by atoms with van der Waals surface area (Å²) in [7, 11) is 0. The first-order valence-corrected chi connectivity index (χ1v) is 7.42. The molecule has 120 valence electrons. The van der Waals surface area contributed by atoms with Crippen molar-refractivity contribution in [3.63, 3.8) is 0 Å². The SMILES string of the molecule is CCOc1ccc(NC(=O)COC(=O)c2ccccc2Cl)cc1. The highest BCUT2D eigenvalue weighted by Gasteiger charge is 2.13. The molecule has 0 bridgehead atoms. The zero-order valence-electron chi connectivity index (χ0n) is 12.5. The first-order chi connectivity index (χ1) is 11.1. The van der Waals surface area contributed by atoms with Gasteiger partial charge in [-0.15, -0.1) is 0 Å². The molecule has 6 heteroatoms. The zero-order chi connectivity index (χ0) is 16.7. The second-order valence-electron chi connectivity index (χ2n) is 4.56. The van der Waals surface area contributed by atoms with Crippen molar-refractivity contribution < 1.29 is 19.1 Å². The van der Waals surface area contributed by atoms with Crippen LogP contribution in [0.3, 0.4) is 0 Å². The van der Waals surface area contributed by atoms with Gasteiger partial charge in [0.1, 0.15) is 5.75 Å². The molecule has 23 heavy (non-hydrogen) atoms. The Kier molecular flexibility index (Phi) is 6.00. The minimum atomic E-state index is -0.641. The van der Waals surface area contributed by atoms with Crippen LogP contribution >= 0.6 is 11.6 Å². The van der Waals surface area contributed by atoms with E-state index in [1.807, 2.05) is 6.92 Å². The molecule has 0 spiro atoms. The van der Waals surface area contributed by atoms with Crippen molar-refractivity contribution in [2.24, 2.45) is 0 Å². The minimum absolute atomic E-state index is 0.225. The van der Waals surface area contributed by atoms with Crippen LogP contribution in [0.4, 0.5) is 5.69 Å². The molecule has 0 aliphatic rings. The van der Waals surface area contributed by atoms with E-state index in [0.29, 0.717) is 12.3 Å². The average molecular weight is 334 g/mol. The summed E-state index contributed by atoms with van der Waals surface area (Å²) < 4.78 is 10.3. The van der Waals surface area contributed by atoms with E-state index in [1.165, 1.54) is 6.07 Å². The fraction of sp³-hybridized carbons (Fsp3) is 0.176. The smallest absolute Gasteiger partial charge is 0.340 e. The molecule has 0 atom stereocenters. The fourth-order valence-corrected chi connectivity index (χ4v) is 2.05. The Morgan fingerprint density at radius 3 is 2.43 bits per heavy atom. The van der Waals surface area contributed by atoms with Crippen LogP contribution in [0.5, 0.6) is 5.75 Å². The number of esters is 1. The lowest BCUT2D eigenvalue weighted by atomic mass is 10.2. The molecular weight excluding hydrogens is 318 g/mol. The lowest BCUT2D eigenvalue weighted by Crippen LogP contribution is -2.21. The summed E-state index contributed by atoms with van der Waals surface area (Å²) >= 11 is 5.89. The van der Waals surface area contributed by atoms with Gasteiger partial charge in [-0.1, -0.05) is 23.7 Å². The van der Waals surface area contributed by atoms with Gasteiger partial charge in [-0.05, 0) is 43.3 Å². The van der Waals surface area contributed by atoms with Crippen molar-refractivity contribution in [2.45, 2.75) is 6.92 Å². The number of anilines is 1. The maximum Gasteiger partial charge on any atom is 0.340 e. The first-order valence-electron chi connectivity index (χ1n) is 7.04. The van der Waals surface area contributed by atoms with Crippen molar-refractivity contribution in [1.29, 1.82) is 0 Å². The number of carbonyl (C=O) groups is 2. The third kappa shape index (κ3) is 5.00. The molecule has 0 radical (unpaired) electrons. The van der Waals surface area contributed by atoms with Gasteiger partial charge in [-0.25, -0.2) is 4.79 Å². The predicted octanol–water partition coefficient (Wildman–Crippen LogP) is 3.53. The van der Waals surface area contributed by atoms with Crippen LogP contribution in [0, 0.1) is 0 Å². The maximum atomic E-state index is 11.8. The van der Waals surface area contributed by atoms with Gasteiger partial charge >= 0.3 is 5.97 Å². The van der Waals surface area contributed by atoms with E-state index in [-0.39, 0.29) is 10.6 Å². The molecule has 1 amide bonds. The van der Waals surface area contributed by atoms with Crippen molar-refractivity contribution in [1.82, 2.24) is 0 Å². The third-order valence-electron chi connectivity index (χ3n) is 2.88. The van der Waals surface area contributed by atoms with Crippen LogP contribution in [-0.2, 0) is 9.53 Å². The van der Waals surface area contributed by atoms with E-state index >= 15 is 0 Å². The topological polar surface area (TPSA) is 64.6 Å². The van der Waals surface area contributed by atoms with Crippen molar-refractivity contribution in [2.75, 3.05) is 18.5 Å². The normalized spacial score (nSPS) is 10.0. The van der Waals surface area contributed by atoms with E-state index in [1.54, 1.807) is 42.5 Å². The molecule has 5 nitrogen and oxygen atoms in total. The highest BCUT2D eigenvalue weighted by Crippen LogP contribution is 2.17. The number of nitrogens with one attached hydrogen (secondary N) is 1. The fourth-order valence-electron chi connectivity index (χ4n) is 1.83. The number of halogens is 1. The molecule has 2 rings (SSSR count). The zero-order valence-corrected chi connectivity index (χ0v) is 13.3. The first kappa shape index (κ1) is 16.8. The van der Waals surface area contributed by atoms with Crippen LogP contribution in [0.15, 0.2) is 48.5 Å². The van der Waals surface area contributed by atoms with E-state index in [2.05, 4.69) is 5.32 Å². The molecule has 2 aromatic rings. The molecule has 0 aromatic heterocycles. The highest BCUT2D eigenvalue weighted by atomic mass is 35.5. The van der Waals surface area contributed by atoms with Gasteiger partial charge < -0.3 is 14.8 Å². The lowest BCUT2D eigenvalue weighted by Gasteiger charge is -2.08. The van der Waals surface area contributed by atoms with E-state index < -0.39 is 18.5 Å². The van der Waals surface area contributed by atoms with Crippen LogP contribution in [0.25, 0.3) is 0 Å². The Hall–Kier alpha value is -2.53. The second-order valence-corrected chi connectivity index (χ2v) is 4.97. The number of hydrogen-bond donors (Lipinski definition) is 1. The van der Waals surface area contributed by atoms with Gasteiger partial charge in [0.05, 0.1) is 17.2 Å². The number of benzene rings is 2. The molecule has 0 unspecified atom stereocenters. The third-order valence-corrected chi connectivity index (χ3v) is 3.21. The number of amides is 1. The van der Waals surface area contributed by atoms with Crippen molar-refractivity contribution in [3.05, 3.63) is 59.1 Å². The largest absolute Gasteiger partial charge is 0.494 e. The Bertz CT molecular complexity index is 685. The minimum Gasteiger partial charge on any atom is -0.494 e. The Morgan fingerprint density at radius 1 is 1.09 bits per heavy atom. The molecular formula is C17H16ClNO4. The average Bonchev–Trinajstić information content (AvgIpc) is 2.55. The molecule has 1 N–H and O–H groups in total. The second kappa shape index (κ2) is 8.19. The summed E-state index contributed by atoms with van der Waals surface area (Å²) in [5, 5.41) is 2.91. The Morgan fingerprint density at radius 2 is 1.78 bits per heavy atom. The van der Waals surface area contributed by atoms with Gasteiger partial charge in [0.2, 0.25) is 0 Å². The molecule has 0 fully saturated rings. The van der Waals surface area contributed by atoms with Gasteiger partial charge in [-0.2, -0.15) is 0 Å². The van der Waals surface area contributed by atoms with Crippen LogP contribution in [-0.4, -0.2) is 25.1 Å². The van der Waals surface area contributed by atoms with Gasteiger partial charge in [0.25, 0.3) is 5.91 Å². The molecule has 0 heterocycles. The predicted molar refractivity (Wildman–Crippen MR) is 88.0 cm³/mol. The van der Waals surface area contributed by atoms with Gasteiger partial charge in [0, 0.05) is 5.69 Å². The monoisotopic (exact) mass is 333 g/mol. The standard InChI is InChI=1S/C17H16ClNO4/c1-2-22-13-9-7-12(8-10-13)19-16(20)11-23-17(21)14-5-3-4-6-15(14)18/h3-10H,2,11H2,1H3,(H,19,20). The molecule has 2 aromatic carbocycles. The molecule has 0 aliphatic carbocycles. The van der Waals surface area contributed by atoms with Gasteiger partial charge in [-0.3, -0.25) is 4.79 Å². The van der Waals surface area contributed by atoms with Crippen LogP contribution < -0.4 is 10.1 Å². The summed E-state index contributed by atoms with van der Waals surface area (Å²) in [4.78, 5) is 23.6. The molecule has 0 saturated carbocycles. The van der Waals surface area contributed by atoms with Crippen molar-refractivity contribution >= 4 is 29.2 Å². The number of rotatable bonds is 6. The Balaban J connectivity index is 1.85. The highest BCUT2D eigenvalue weighted by molar-refractivity contribution is 6.33. The molecule has 0 saturated heterocycles. The lowest BCUT2D eigenvalue weighted by molar-refractivity contribution is -0.119. The van der Waals surface area contributed by atoms with Crippen molar-refractivity contribution in [3.8, 4) is 5.75 Å². The summed E-state index contributed by atoms with van der Waals surface area (Å²) in [6, 6.07) is 13.4. The summed E-state index contributed by atoms with van der Waals surface area (Å²) in [5.41, 5.74) is 0.815. The summed E-state index contributed by atoms with van der Waals surface area (Å²) in [6.45, 7) is 2.07. The van der Waals surface area contributed by atoms with Gasteiger partial charge in [0.15, 0.2) is 6.61 Å². The molecule has 0 aliphatic heterocycles. The van der Waals surface area contributed by atoms with E-state index in [4.69, 9.17) is 21.1 Å². The van der Waals surface area contributed by atoms with E-state index in [0.717, 1.165) is 5.75 Å². The Labute approximate surface area is 139 Å². The van der Waals surface area contributed by atoms with Crippen LogP contribution in [0.1, 0.15) is 17.3 Å². The van der Waals surface area contributed by atoms with Crippen LogP contribution in [0.2, 0.25) is 5.02 Å². The quantitative estimate of drug-likeness (QED) is 0.821. The summed E-state index contributed by atoms with van der Waals surface area (Å²) in [6.07, 6.45) is 0.